The summed E-state index contributed by atoms with van der Waals surface area (Å²) >= 11 is 1.48. The maximum absolute atomic E-state index is 11.9. The van der Waals surface area contributed by atoms with Crippen molar-refractivity contribution in [1.82, 2.24) is 5.32 Å². The van der Waals surface area contributed by atoms with E-state index in [2.05, 4.69) is 11.4 Å². The highest BCUT2D eigenvalue weighted by Gasteiger charge is 2.29. The summed E-state index contributed by atoms with van der Waals surface area (Å²) in [7, 11) is 0. The van der Waals surface area contributed by atoms with Gasteiger partial charge in [-0.1, -0.05) is 31.5 Å². The van der Waals surface area contributed by atoms with Crippen LogP contribution in [-0.2, 0) is 4.79 Å². The summed E-state index contributed by atoms with van der Waals surface area (Å²) in [6, 6.07) is 10.2. The number of thioether (sulfide) groups is 1. The fourth-order valence-electron chi connectivity index (χ4n) is 1.48. The van der Waals surface area contributed by atoms with E-state index in [1.165, 1.54) is 17.3 Å². The second-order valence-corrected chi connectivity index (χ2v) is 6.17. The Morgan fingerprint density at radius 1 is 1.53 bits per heavy atom. The standard InChI is InChI=1S/C15H20N2OS/c1-11(2)15(4,10-16)17-14(18)9-19-13-7-5-6-12(3)8-13/h5-8,11H,9H2,1-4H3,(H,17,18). The van der Waals surface area contributed by atoms with Crippen LogP contribution >= 0.6 is 11.8 Å². The minimum absolute atomic E-state index is 0.0745. The highest BCUT2D eigenvalue weighted by molar-refractivity contribution is 8.00. The SMILES string of the molecule is Cc1cccc(SCC(=O)NC(C)(C#N)C(C)C)c1. The van der Waals surface area contributed by atoms with Gasteiger partial charge < -0.3 is 5.32 Å². The van der Waals surface area contributed by atoms with Crippen molar-refractivity contribution >= 4 is 17.7 Å². The molecule has 0 bridgehead atoms. The van der Waals surface area contributed by atoms with Gasteiger partial charge in [0.25, 0.3) is 0 Å². The molecule has 1 rings (SSSR count). The molecule has 0 aliphatic heterocycles. The second kappa shape index (κ2) is 6.63. The minimum atomic E-state index is -0.801. The van der Waals surface area contributed by atoms with Gasteiger partial charge in [0.1, 0.15) is 5.54 Å². The molecule has 0 heterocycles. The highest BCUT2D eigenvalue weighted by atomic mass is 32.2. The van der Waals surface area contributed by atoms with Gasteiger partial charge >= 0.3 is 0 Å². The van der Waals surface area contributed by atoms with Crippen LogP contribution in [0.5, 0.6) is 0 Å². The first-order valence-electron chi connectivity index (χ1n) is 6.29. The Labute approximate surface area is 119 Å². The van der Waals surface area contributed by atoms with Crippen LogP contribution in [0, 0.1) is 24.2 Å². The zero-order valence-electron chi connectivity index (χ0n) is 11.9. The number of hydrogen-bond acceptors (Lipinski definition) is 3. The topological polar surface area (TPSA) is 52.9 Å². The van der Waals surface area contributed by atoms with Gasteiger partial charge in [-0.2, -0.15) is 5.26 Å². The fraction of sp³-hybridized carbons (Fsp3) is 0.467. The van der Waals surface area contributed by atoms with E-state index in [-0.39, 0.29) is 11.8 Å². The summed E-state index contributed by atoms with van der Waals surface area (Å²) < 4.78 is 0. The van der Waals surface area contributed by atoms with Gasteiger partial charge in [0.05, 0.1) is 11.8 Å². The molecule has 0 aliphatic carbocycles. The lowest BCUT2D eigenvalue weighted by molar-refractivity contribution is -0.120. The number of hydrogen-bond donors (Lipinski definition) is 1. The van der Waals surface area contributed by atoms with Crippen LogP contribution in [0.1, 0.15) is 26.3 Å². The molecule has 102 valence electrons. The molecule has 1 amide bonds. The highest BCUT2D eigenvalue weighted by Crippen LogP contribution is 2.20. The maximum Gasteiger partial charge on any atom is 0.231 e. The third-order valence-corrected chi connectivity index (χ3v) is 4.14. The van der Waals surface area contributed by atoms with E-state index in [0.717, 1.165) is 4.90 Å². The van der Waals surface area contributed by atoms with E-state index in [1.807, 2.05) is 45.0 Å². The number of amides is 1. The normalized spacial score (nSPS) is 13.7. The first-order chi connectivity index (χ1) is 8.87. The molecule has 19 heavy (non-hydrogen) atoms. The van der Waals surface area contributed by atoms with Gasteiger partial charge in [0.2, 0.25) is 5.91 Å². The van der Waals surface area contributed by atoms with Crippen LogP contribution in [0.15, 0.2) is 29.2 Å². The van der Waals surface area contributed by atoms with Gasteiger partial charge in [-0.25, -0.2) is 0 Å². The molecular weight excluding hydrogens is 256 g/mol. The van der Waals surface area contributed by atoms with Crippen LogP contribution in [0.25, 0.3) is 0 Å². The van der Waals surface area contributed by atoms with Crippen LogP contribution in [0.3, 0.4) is 0 Å². The van der Waals surface area contributed by atoms with Crippen molar-refractivity contribution in [3.05, 3.63) is 29.8 Å². The lowest BCUT2D eigenvalue weighted by atomic mass is 9.90. The quantitative estimate of drug-likeness (QED) is 0.841. The summed E-state index contributed by atoms with van der Waals surface area (Å²) in [5, 5.41) is 12.0. The first-order valence-corrected chi connectivity index (χ1v) is 7.27. The van der Waals surface area contributed by atoms with E-state index >= 15 is 0 Å². The molecular formula is C15H20N2OS. The molecule has 0 spiro atoms. The van der Waals surface area contributed by atoms with Crippen LogP contribution in [0.2, 0.25) is 0 Å². The van der Waals surface area contributed by atoms with Crippen LogP contribution in [-0.4, -0.2) is 17.2 Å². The molecule has 0 aromatic heterocycles. The molecule has 0 aliphatic rings. The van der Waals surface area contributed by atoms with Gasteiger partial charge in [0, 0.05) is 4.90 Å². The summed E-state index contributed by atoms with van der Waals surface area (Å²) in [6.07, 6.45) is 0. The molecule has 1 N–H and O–H groups in total. The van der Waals surface area contributed by atoms with Crippen molar-refractivity contribution < 1.29 is 4.79 Å². The van der Waals surface area contributed by atoms with Crippen LogP contribution < -0.4 is 5.32 Å². The Kier molecular flexibility index (Phi) is 5.44. The Balaban J connectivity index is 2.55. The molecule has 0 radical (unpaired) electrons. The average molecular weight is 276 g/mol. The van der Waals surface area contributed by atoms with Gasteiger partial charge in [0.15, 0.2) is 0 Å². The summed E-state index contributed by atoms with van der Waals surface area (Å²) in [4.78, 5) is 13.0. The molecule has 1 aromatic carbocycles. The summed E-state index contributed by atoms with van der Waals surface area (Å²) in [5.41, 5.74) is 0.374. The molecule has 1 atom stereocenters. The average Bonchev–Trinajstić information content (AvgIpc) is 2.36. The Hall–Kier alpha value is -1.47. The molecule has 1 aromatic rings. The number of carbonyl (C=O) groups is 1. The Bertz CT molecular complexity index is 493. The molecule has 0 fully saturated rings. The van der Waals surface area contributed by atoms with Gasteiger partial charge in [-0.05, 0) is 31.9 Å². The van der Waals surface area contributed by atoms with Crippen molar-refractivity contribution in [1.29, 1.82) is 5.26 Å². The maximum atomic E-state index is 11.9. The lowest BCUT2D eigenvalue weighted by Crippen LogP contribution is -2.49. The molecule has 1 unspecified atom stereocenters. The lowest BCUT2D eigenvalue weighted by Gasteiger charge is -2.27. The molecule has 3 nitrogen and oxygen atoms in total. The van der Waals surface area contributed by atoms with Crippen LogP contribution in [0.4, 0.5) is 0 Å². The molecule has 4 heteroatoms. The third kappa shape index (κ3) is 4.60. The van der Waals surface area contributed by atoms with E-state index < -0.39 is 5.54 Å². The summed E-state index contributed by atoms with van der Waals surface area (Å²) in [5.74, 6) is 0.294. The van der Waals surface area contributed by atoms with Gasteiger partial charge in [-0.3, -0.25) is 4.79 Å². The number of benzene rings is 1. The van der Waals surface area contributed by atoms with Crippen molar-refractivity contribution in [2.75, 3.05) is 5.75 Å². The van der Waals surface area contributed by atoms with Crippen molar-refractivity contribution in [3.8, 4) is 6.07 Å². The minimum Gasteiger partial charge on any atom is -0.337 e. The second-order valence-electron chi connectivity index (χ2n) is 5.12. The van der Waals surface area contributed by atoms with Crippen molar-refractivity contribution in [2.45, 2.75) is 38.1 Å². The fourth-order valence-corrected chi connectivity index (χ4v) is 2.30. The largest absolute Gasteiger partial charge is 0.337 e. The number of rotatable bonds is 5. The molecule has 0 saturated carbocycles. The monoisotopic (exact) mass is 276 g/mol. The predicted octanol–water partition coefficient (Wildman–Crippen LogP) is 3.14. The zero-order valence-corrected chi connectivity index (χ0v) is 12.7. The number of nitriles is 1. The zero-order chi connectivity index (χ0) is 14.5. The van der Waals surface area contributed by atoms with E-state index in [9.17, 15) is 4.79 Å². The summed E-state index contributed by atoms with van der Waals surface area (Å²) in [6.45, 7) is 7.64. The number of carbonyl (C=O) groups excluding carboxylic acids is 1. The Morgan fingerprint density at radius 2 is 2.21 bits per heavy atom. The van der Waals surface area contributed by atoms with E-state index in [4.69, 9.17) is 5.26 Å². The third-order valence-electron chi connectivity index (χ3n) is 3.15. The van der Waals surface area contributed by atoms with Crippen molar-refractivity contribution in [3.63, 3.8) is 0 Å². The van der Waals surface area contributed by atoms with E-state index in [0.29, 0.717) is 5.75 Å². The number of nitrogens with zero attached hydrogens (tertiary/aromatic N) is 1. The Morgan fingerprint density at radius 3 is 2.74 bits per heavy atom. The van der Waals surface area contributed by atoms with E-state index in [1.54, 1.807) is 6.92 Å². The van der Waals surface area contributed by atoms with Crippen molar-refractivity contribution in [2.24, 2.45) is 5.92 Å². The first kappa shape index (κ1) is 15.6. The number of nitrogens with one attached hydrogen (secondary N) is 1. The smallest absolute Gasteiger partial charge is 0.231 e. The predicted molar refractivity (Wildman–Crippen MR) is 78.9 cm³/mol. The molecule has 0 saturated heterocycles. The number of aryl methyl sites for hydroxylation is 1. The van der Waals surface area contributed by atoms with Gasteiger partial charge in [-0.15, -0.1) is 11.8 Å².